The van der Waals surface area contributed by atoms with Gasteiger partial charge in [-0.3, -0.25) is 14.2 Å². The first kappa shape index (κ1) is 23.8. The highest BCUT2D eigenvalue weighted by Gasteiger charge is 2.21. The molecule has 1 N–H and O–H groups in total. The van der Waals surface area contributed by atoms with Gasteiger partial charge in [-0.05, 0) is 35.2 Å². The zero-order valence-electron chi connectivity index (χ0n) is 18.1. The molecule has 2 aromatic carbocycles. The summed E-state index contributed by atoms with van der Waals surface area (Å²) in [7, 11) is 0. The molecule has 1 aliphatic heterocycles. The minimum Gasteiger partial charge on any atom is -0.471 e. The first-order valence-corrected chi connectivity index (χ1v) is 11.0. The smallest absolute Gasteiger partial charge is 0.276 e. The predicted octanol–water partition coefficient (Wildman–Crippen LogP) is 3.07. The Labute approximate surface area is 199 Å². The van der Waals surface area contributed by atoms with Crippen molar-refractivity contribution in [2.75, 3.05) is 13.2 Å². The van der Waals surface area contributed by atoms with Crippen LogP contribution in [0.25, 0.3) is 0 Å². The van der Waals surface area contributed by atoms with Crippen molar-refractivity contribution in [2.45, 2.75) is 32.5 Å². The number of hydrogen-bond acceptors (Lipinski definition) is 5. The fraction of sp³-hybridized carbons (Fsp3) is 0.292. The van der Waals surface area contributed by atoms with Crippen LogP contribution in [0.15, 0.2) is 47.5 Å². The molecule has 0 fully saturated rings. The monoisotopic (exact) mass is 489 g/mol. The highest BCUT2D eigenvalue weighted by molar-refractivity contribution is 6.31. The first-order valence-electron chi connectivity index (χ1n) is 10.7. The molecule has 0 saturated carbocycles. The van der Waals surface area contributed by atoms with Crippen molar-refractivity contribution in [1.29, 1.82) is 0 Å². The van der Waals surface area contributed by atoms with E-state index in [1.807, 2.05) is 18.2 Å². The zero-order chi connectivity index (χ0) is 24.2. The molecule has 0 atom stereocenters. The largest absolute Gasteiger partial charge is 0.471 e. The molecule has 0 unspecified atom stereocenters. The van der Waals surface area contributed by atoms with E-state index < -0.39 is 17.2 Å². The van der Waals surface area contributed by atoms with Gasteiger partial charge in [-0.25, -0.2) is 13.8 Å². The Kier molecular flexibility index (Phi) is 7.23. The van der Waals surface area contributed by atoms with Gasteiger partial charge >= 0.3 is 0 Å². The third-order valence-corrected chi connectivity index (χ3v) is 5.97. The lowest BCUT2D eigenvalue weighted by Gasteiger charge is -2.29. The average molecular weight is 490 g/mol. The van der Waals surface area contributed by atoms with Crippen molar-refractivity contribution in [3.8, 4) is 5.88 Å². The lowest BCUT2D eigenvalue weighted by Crippen LogP contribution is -2.36. The normalized spacial score (nSPS) is 13.0. The number of nitrogens with zero attached hydrogens (tertiary/aromatic N) is 3. The number of rotatable bonds is 7. The first-order chi connectivity index (χ1) is 16.4. The Balaban J connectivity index is 1.45. The van der Waals surface area contributed by atoms with E-state index in [1.54, 1.807) is 4.90 Å². The Hall–Kier alpha value is -3.30. The SMILES string of the molecule is O=C(CCO)N1CCc2cc(Cn3cnc(OCc4ccc(F)cc4F)c(Cl)c3=O)ccc2C1. The van der Waals surface area contributed by atoms with Gasteiger partial charge in [0.25, 0.3) is 5.56 Å². The van der Waals surface area contributed by atoms with Gasteiger partial charge in [-0.15, -0.1) is 0 Å². The summed E-state index contributed by atoms with van der Waals surface area (Å²) in [6.07, 6.45) is 2.10. The van der Waals surface area contributed by atoms with Crippen LogP contribution in [0, 0.1) is 11.6 Å². The summed E-state index contributed by atoms with van der Waals surface area (Å²) < 4.78 is 33.6. The summed E-state index contributed by atoms with van der Waals surface area (Å²) >= 11 is 6.15. The third kappa shape index (κ3) is 5.26. The fourth-order valence-electron chi connectivity index (χ4n) is 3.81. The number of aliphatic hydroxyl groups is 1. The van der Waals surface area contributed by atoms with Gasteiger partial charge in [0, 0.05) is 31.1 Å². The van der Waals surface area contributed by atoms with Crippen molar-refractivity contribution in [3.63, 3.8) is 0 Å². The van der Waals surface area contributed by atoms with Gasteiger partial charge in [0.2, 0.25) is 11.8 Å². The zero-order valence-corrected chi connectivity index (χ0v) is 18.9. The molecule has 2 heterocycles. The highest BCUT2D eigenvalue weighted by atomic mass is 35.5. The van der Waals surface area contributed by atoms with Crippen LogP contribution in [-0.4, -0.2) is 38.6 Å². The Morgan fingerprint density at radius 1 is 1.18 bits per heavy atom. The quantitative estimate of drug-likeness (QED) is 0.551. The van der Waals surface area contributed by atoms with E-state index in [2.05, 4.69) is 4.98 Å². The second-order valence-corrected chi connectivity index (χ2v) is 8.34. The van der Waals surface area contributed by atoms with Crippen molar-refractivity contribution in [3.05, 3.63) is 92.0 Å². The molecule has 178 valence electrons. The minimum atomic E-state index is -0.766. The lowest BCUT2D eigenvalue weighted by molar-refractivity contribution is -0.132. The molecule has 3 aromatic rings. The second-order valence-electron chi connectivity index (χ2n) is 7.96. The molecule has 1 aliphatic rings. The van der Waals surface area contributed by atoms with Crippen LogP contribution < -0.4 is 10.3 Å². The van der Waals surface area contributed by atoms with Gasteiger partial charge < -0.3 is 14.7 Å². The van der Waals surface area contributed by atoms with Crippen molar-refractivity contribution in [1.82, 2.24) is 14.5 Å². The number of carbonyl (C=O) groups is 1. The van der Waals surface area contributed by atoms with Gasteiger partial charge in [-0.2, -0.15) is 0 Å². The van der Waals surface area contributed by atoms with Crippen LogP contribution in [0.4, 0.5) is 8.78 Å². The molecule has 1 aromatic heterocycles. The van der Waals surface area contributed by atoms with Crippen LogP contribution in [-0.2, 0) is 30.9 Å². The maximum absolute atomic E-state index is 13.8. The van der Waals surface area contributed by atoms with Gasteiger partial charge in [0.1, 0.15) is 24.6 Å². The van der Waals surface area contributed by atoms with Crippen molar-refractivity contribution in [2.24, 2.45) is 0 Å². The number of amides is 1. The third-order valence-electron chi connectivity index (χ3n) is 5.64. The number of hydrogen-bond donors (Lipinski definition) is 1. The molecule has 34 heavy (non-hydrogen) atoms. The highest BCUT2D eigenvalue weighted by Crippen LogP contribution is 2.22. The van der Waals surface area contributed by atoms with Gasteiger partial charge in [0.15, 0.2) is 5.02 Å². The van der Waals surface area contributed by atoms with E-state index in [-0.39, 0.29) is 48.6 Å². The molecule has 7 nitrogen and oxygen atoms in total. The van der Waals surface area contributed by atoms with E-state index in [0.29, 0.717) is 19.5 Å². The number of fused-ring (bicyclic) bond motifs is 1. The minimum absolute atomic E-state index is 0.0750. The van der Waals surface area contributed by atoms with E-state index in [9.17, 15) is 18.4 Å². The van der Waals surface area contributed by atoms with Crippen LogP contribution >= 0.6 is 11.6 Å². The summed E-state index contributed by atoms with van der Waals surface area (Å²) in [6, 6.07) is 8.90. The van der Waals surface area contributed by atoms with Crippen molar-refractivity contribution < 1.29 is 23.4 Å². The van der Waals surface area contributed by atoms with Crippen LogP contribution in [0.3, 0.4) is 0 Å². The molecule has 0 radical (unpaired) electrons. The number of benzene rings is 2. The molecule has 10 heteroatoms. The molecule has 0 bridgehead atoms. The standard InChI is InChI=1S/C24H22ClF2N3O4/c25-22-23(34-13-18-3-4-19(26)10-20(18)27)28-14-30(24(22)33)11-15-1-2-17-12-29(21(32)6-8-31)7-5-16(17)9-15/h1-4,9-10,14,31H,5-8,11-13H2. The van der Waals surface area contributed by atoms with Gasteiger partial charge in [-0.1, -0.05) is 29.8 Å². The molecule has 0 saturated heterocycles. The number of carbonyl (C=O) groups excluding carboxylic acids is 1. The summed E-state index contributed by atoms with van der Waals surface area (Å²) in [6.45, 7) is 0.870. The number of halogens is 3. The predicted molar refractivity (Wildman–Crippen MR) is 121 cm³/mol. The Morgan fingerprint density at radius 3 is 2.76 bits per heavy atom. The Morgan fingerprint density at radius 2 is 2.00 bits per heavy atom. The average Bonchev–Trinajstić information content (AvgIpc) is 2.82. The number of aromatic nitrogens is 2. The molecule has 4 rings (SSSR count). The second kappa shape index (κ2) is 10.3. The maximum Gasteiger partial charge on any atom is 0.276 e. The molecule has 0 spiro atoms. The van der Waals surface area contributed by atoms with Crippen LogP contribution in [0.2, 0.25) is 5.02 Å². The number of ether oxygens (including phenoxy) is 1. The van der Waals surface area contributed by atoms with E-state index in [4.69, 9.17) is 21.4 Å². The molecule has 1 amide bonds. The van der Waals surface area contributed by atoms with E-state index in [0.717, 1.165) is 28.8 Å². The summed E-state index contributed by atoms with van der Waals surface area (Å²) in [5.41, 5.74) is 2.59. The summed E-state index contributed by atoms with van der Waals surface area (Å²) in [5.74, 6) is -1.67. The maximum atomic E-state index is 13.8. The van der Waals surface area contributed by atoms with Gasteiger partial charge in [0.05, 0.1) is 13.2 Å². The molecule has 0 aliphatic carbocycles. The Bertz CT molecular complexity index is 1280. The topological polar surface area (TPSA) is 84.7 Å². The fourth-order valence-corrected chi connectivity index (χ4v) is 4.03. The van der Waals surface area contributed by atoms with Crippen LogP contribution in [0.1, 0.15) is 28.7 Å². The summed E-state index contributed by atoms with van der Waals surface area (Å²) in [4.78, 5) is 30.5. The van der Waals surface area contributed by atoms with E-state index in [1.165, 1.54) is 17.0 Å². The molecular formula is C24H22ClF2N3O4. The molecular weight excluding hydrogens is 468 g/mol. The van der Waals surface area contributed by atoms with E-state index >= 15 is 0 Å². The number of aliphatic hydroxyl groups excluding tert-OH is 1. The van der Waals surface area contributed by atoms with Crippen molar-refractivity contribution >= 4 is 17.5 Å². The summed E-state index contributed by atoms with van der Waals surface area (Å²) in [5, 5.41) is 8.74. The van der Waals surface area contributed by atoms with Crippen LogP contribution in [0.5, 0.6) is 5.88 Å². The lowest BCUT2D eigenvalue weighted by atomic mass is 9.97.